The summed E-state index contributed by atoms with van der Waals surface area (Å²) in [4.78, 5) is 22.6. The van der Waals surface area contributed by atoms with Gasteiger partial charge in [-0.25, -0.2) is 9.18 Å². The molecule has 3 unspecified atom stereocenters. The smallest absolute Gasteiger partial charge is 0.343 e. The second-order valence-corrected chi connectivity index (χ2v) is 4.90. The lowest BCUT2D eigenvalue weighted by molar-refractivity contribution is -0.170. The van der Waals surface area contributed by atoms with Crippen LogP contribution in [-0.4, -0.2) is 29.8 Å². The van der Waals surface area contributed by atoms with Gasteiger partial charge in [0.1, 0.15) is 12.2 Å². The third-order valence-corrected chi connectivity index (χ3v) is 3.08. The first kappa shape index (κ1) is 11.4. The van der Waals surface area contributed by atoms with Gasteiger partial charge in [-0.1, -0.05) is 0 Å². The maximum absolute atomic E-state index is 13.3. The lowest BCUT2D eigenvalue weighted by Crippen LogP contribution is -2.39. The van der Waals surface area contributed by atoms with Gasteiger partial charge in [-0.2, -0.15) is 0 Å². The molecule has 0 aromatic heterocycles. The molecular formula is C11H15FO4. The normalized spacial score (nSPS) is 33.4. The molecule has 1 aliphatic heterocycles. The minimum Gasteiger partial charge on any atom is -0.458 e. The molecule has 2 aliphatic rings. The highest BCUT2D eigenvalue weighted by Gasteiger charge is 2.46. The Hall–Kier alpha value is -1.13. The van der Waals surface area contributed by atoms with E-state index in [9.17, 15) is 14.0 Å². The molecule has 0 N–H and O–H groups in total. The Balaban J connectivity index is 1.97. The summed E-state index contributed by atoms with van der Waals surface area (Å²) in [5, 5.41) is 0. The topological polar surface area (TPSA) is 52.6 Å². The van der Waals surface area contributed by atoms with Crippen molar-refractivity contribution in [3.8, 4) is 0 Å². The third kappa shape index (κ3) is 2.03. The van der Waals surface area contributed by atoms with Gasteiger partial charge in [-0.15, -0.1) is 0 Å². The highest BCUT2D eigenvalue weighted by molar-refractivity contribution is 5.79. The Morgan fingerprint density at radius 2 is 2.19 bits per heavy atom. The molecule has 0 radical (unpaired) electrons. The molecule has 2 fully saturated rings. The van der Waals surface area contributed by atoms with Crippen LogP contribution in [-0.2, 0) is 19.1 Å². The lowest BCUT2D eigenvalue weighted by Gasteiger charge is -2.27. The Morgan fingerprint density at radius 1 is 1.50 bits per heavy atom. The second-order valence-electron chi connectivity index (χ2n) is 4.90. The number of alkyl halides is 1. The maximum atomic E-state index is 13.3. The van der Waals surface area contributed by atoms with Gasteiger partial charge in [0.15, 0.2) is 0 Å². The Labute approximate surface area is 93.1 Å². The van der Waals surface area contributed by atoms with Crippen molar-refractivity contribution in [2.24, 2.45) is 5.92 Å². The van der Waals surface area contributed by atoms with E-state index in [0.717, 1.165) is 13.8 Å². The van der Waals surface area contributed by atoms with Gasteiger partial charge in [-0.3, -0.25) is 4.79 Å². The van der Waals surface area contributed by atoms with Gasteiger partial charge in [-0.05, 0) is 26.7 Å². The largest absolute Gasteiger partial charge is 0.458 e. The molecule has 4 nitrogen and oxygen atoms in total. The van der Waals surface area contributed by atoms with E-state index in [2.05, 4.69) is 0 Å². The minimum atomic E-state index is -2.00. The van der Waals surface area contributed by atoms with E-state index in [1.165, 1.54) is 0 Å². The second kappa shape index (κ2) is 3.71. The number of rotatable bonds is 2. The SMILES string of the molecule is CC(C)(F)C(=O)OC1CCC2CC1OC2=O. The van der Waals surface area contributed by atoms with E-state index in [1.807, 2.05) is 0 Å². The van der Waals surface area contributed by atoms with E-state index in [-0.39, 0.29) is 18.0 Å². The van der Waals surface area contributed by atoms with Crippen molar-refractivity contribution in [3.05, 3.63) is 0 Å². The van der Waals surface area contributed by atoms with Gasteiger partial charge in [0.25, 0.3) is 0 Å². The van der Waals surface area contributed by atoms with Crippen LogP contribution in [0.15, 0.2) is 0 Å². The zero-order valence-electron chi connectivity index (χ0n) is 9.36. The molecule has 2 bridgehead atoms. The summed E-state index contributed by atoms with van der Waals surface area (Å²) >= 11 is 0. The number of hydrogen-bond donors (Lipinski definition) is 0. The molecule has 5 heteroatoms. The summed E-state index contributed by atoms with van der Waals surface area (Å²) in [5.41, 5.74) is -2.00. The molecule has 0 aromatic carbocycles. The van der Waals surface area contributed by atoms with Gasteiger partial charge >= 0.3 is 11.9 Å². The average molecular weight is 230 g/mol. The quantitative estimate of drug-likeness (QED) is 0.672. The fourth-order valence-corrected chi connectivity index (χ4v) is 2.10. The molecule has 3 atom stereocenters. The van der Waals surface area contributed by atoms with Gasteiger partial charge in [0.2, 0.25) is 5.67 Å². The molecule has 90 valence electrons. The summed E-state index contributed by atoms with van der Waals surface area (Å²) in [5.74, 6) is -1.17. The number of hydrogen-bond acceptors (Lipinski definition) is 4. The highest BCUT2D eigenvalue weighted by atomic mass is 19.1. The fraction of sp³-hybridized carbons (Fsp3) is 0.818. The number of carbonyl (C=O) groups is 2. The van der Waals surface area contributed by atoms with Crippen LogP contribution in [0.4, 0.5) is 4.39 Å². The van der Waals surface area contributed by atoms with Crippen LogP contribution in [0.5, 0.6) is 0 Å². The van der Waals surface area contributed by atoms with Crippen molar-refractivity contribution in [2.45, 2.75) is 51.0 Å². The number of fused-ring (bicyclic) bond motifs is 2. The first-order valence-electron chi connectivity index (χ1n) is 5.48. The zero-order chi connectivity index (χ0) is 11.9. The number of carbonyl (C=O) groups excluding carboxylic acids is 2. The first-order chi connectivity index (χ1) is 7.38. The van der Waals surface area contributed by atoms with E-state index in [4.69, 9.17) is 9.47 Å². The standard InChI is InChI=1S/C11H15FO4/c1-11(2,12)10(14)16-7-4-3-6-5-8(7)15-9(6)13/h6-8H,3-5H2,1-2H3. The van der Waals surface area contributed by atoms with E-state index < -0.39 is 17.7 Å². The Kier molecular flexibility index (Phi) is 2.64. The molecule has 0 amide bonds. The van der Waals surface area contributed by atoms with Crippen LogP contribution < -0.4 is 0 Å². The minimum absolute atomic E-state index is 0.0571. The number of halogens is 1. The third-order valence-electron chi connectivity index (χ3n) is 3.08. The molecule has 1 aliphatic carbocycles. The molecule has 1 saturated heterocycles. The average Bonchev–Trinajstić information content (AvgIpc) is 2.46. The predicted molar refractivity (Wildman–Crippen MR) is 52.3 cm³/mol. The monoisotopic (exact) mass is 230 g/mol. The number of esters is 2. The molecular weight excluding hydrogens is 215 g/mol. The van der Waals surface area contributed by atoms with Crippen molar-refractivity contribution in [1.82, 2.24) is 0 Å². The van der Waals surface area contributed by atoms with Crippen molar-refractivity contribution in [2.75, 3.05) is 0 Å². The van der Waals surface area contributed by atoms with Crippen molar-refractivity contribution < 1.29 is 23.5 Å². The van der Waals surface area contributed by atoms with Crippen molar-refractivity contribution >= 4 is 11.9 Å². The highest BCUT2D eigenvalue weighted by Crippen LogP contribution is 2.36. The summed E-state index contributed by atoms with van der Waals surface area (Å²) in [7, 11) is 0. The zero-order valence-corrected chi connectivity index (χ0v) is 9.36. The van der Waals surface area contributed by atoms with E-state index in [1.54, 1.807) is 0 Å². The molecule has 0 aromatic rings. The summed E-state index contributed by atoms with van der Waals surface area (Å²) < 4.78 is 23.4. The molecule has 16 heavy (non-hydrogen) atoms. The lowest BCUT2D eigenvalue weighted by atomic mass is 9.88. The molecule has 0 spiro atoms. The van der Waals surface area contributed by atoms with E-state index >= 15 is 0 Å². The summed E-state index contributed by atoms with van der Waals surface area (Å²) in [6.07, 6.45) is 0.953. The van der Waals surface area contributed by atoms with Crippen LogP contribution in [0, 0.1) is 5.92 Å². The van der Waals surface area contributed by atoms with Crippen LogP contribution in [0.2, 0.25) is 0 Å². The van der Waals surface area contributed by atoms with Gasteiger partial charge in [0.05, 0.1) is 5.92 Å². The van der Waals surface area contributed by atoms with Crippen LogP contribution in [0.25, 0.3) is 0 Å². The van der Waals surface area contributed by atoms with E-state index in [0.29, 0.717) is 19.3 Å². The first-order valence-corrected chi connectivity index (χ1v) is 5.48. The Morgan fingerprint density at radius 3 is 2.81 bits per heavy atom. The number of ether oxygens (including phenoxy) is 2. The van der Waals surface area contributed by atoms with Gasteiger partial charge in [0, 0.05) is 6.42 Å². The molecule has 1 heterocycles. The maximum Gasteiger partial charge on any atom is 0.343 e. The Bertz CT molecular complexity index is 320. The predicted octanol–water partition coefficient (Wildman–Crippen LogP) is 1.37. The van der Waals surface area contributed by atoms with Crippen molar-refractivity contribution in [1.29, 1.82) is 0 Å². The summed E-state index contributed by atoms with van der Waals surface area (Å²) in [6.45, 7) is 2.31. The van der Waals surface area contributed by atoms with Crippen molar-refractivity contribution in [3.63, 3.8) is 0 Å². The molecule has 1 saturated carbocycles. The van der Waals surface area contributed by atoms with Crippen LogP contribution in [0.1, 0.15) is 33.1 Å². The summed E-state index contributed by atoms with van der Waals surface area (Å²) in [6, 6.07) is 0. The van der Waals surface area contributed by atoms with Crippen LogP contribution in [0.3, 0.4) is 0 Å². The van der Waals surface area contributed by atoms with Crippen LogP contribution >= 0.6 is 0 Å². The fourth-order valence-electron chi connectivity index (χ4n) is 2.10. The molecule has 2 rings (SSSR count). The van der Waals surface area contributed by atoms with Gasteiger partial charge < -0.3 is 9.47 Å².